The van der Waals surface area contributed by atoms with Crippen LogP contribution in [0.2, 0.25) is 5.02 Å². The van der Waals surface area contributed by atoms with Crippen LogP contribution in [0.1, 0.15) is 17.4 Å². The van der Waals surface area contributed by atoms with Gasteiger partial charge in [-0.2, -0.15) is 0 Å². The van der Waals surface area contributed by atoms with E-state index in [2.05, 4.69) is 16.8 Å². The number of rotatable bonds is 5. The molecule has 0 N–H and O–H groups in total. The molecule has 2 aliphatic heterocycles. The topological polar surface area (TPSA) is 26.8 Å². The van der Waals surface area contributed by atoms with Gasteiger partial charge in [-0.1, -0.05) is 23.7 Å². The summed E-state index contributed by atoms with van der Waals surface area (Å²) >= 11 is 7.68. The summed E-state index contributed by atoms with van der Waals surface area (Å²) < 4.78 is 0. The molecule has 0 radical (unpaired) electrons. The number of benzene rings is 1. The number of piperazine rings is 1. The summed E-state index contributed by atoms with van der Waals surface area (Å²) in [6.07, 6.45) is 1.04. The van der Waals surface area contributed by atoms with Gasteiger partial charge < -0.3 is 14.7 Å². The molecule has 0 bridgehead atoms. The lowest BCUT2D eigenvalue weighted by atomic mass is 10.2. The summed E-state index contributed by atoms with van der Waals surface area (Å²) in [5.74, 6) is 0.843. The first kappa shape index (κ1) is 22.9. The van der Waals surface area contributed by atoms with Crippen LogP contribution in [0.5, 0.6) is 0 Å². The molecular formula is C17H26Cl3N3OS. The third kappa shape index (κ3) is 6.19. The quantitative estimate of drug-likeness (QED) is 0.721. The van der Waals surface area contributed by atoms with Crippen molar-refractivity contribution < 1.29 is 4.79 Å². The third-order valence-corrected chi connectivity index (χ3v) is 6.10. The van der Waals surface area contributed by atoms with Crippen molar-refractivity contribution in [3.63, 3.8) is 0 Å². The maximum absolute atomic E-state index is 12.2. The van der Waals surface area contributed by atoms with Gasteiger partial charge in [0.1, 0.15) is 5.37 Å². The Morgan fingerprint density at radius 3 is 2.36 bits per heavy atom. The van der Waals surface area contributed by atoms with Crippen LogP contribution >= 0.6 is 48.2 Å². The first-order valence-electron chi connectivity index (χ1n) is 8.21. The van der Waals surface area contributed by atoms with E-state index in [4.69, 9.17) is 11.6 Å². The highest BCUT2D eigenvalue weighted by atomic mass is 35.5. The molecule has 0 spiro atoms. The fourth-order valence-corrected chi connectivity index (χ4v) is 4.48. The molecule has 3 rings (SSSR count). The van der Waals surface area contributed by atoms with E-state index in [-0.39, 0.29) is 36.1 Å². The van der Waals surface area contributed by atoms with E-state index in [0.717, 1.165) is 50.7 Å². The molecule has 142 valence electrons. The second-order valence-electron chi connectivity index (χ2n) is 6.30. The summed E-state index contributed by atoms with van der Waals surface area (Å²) in [6, 6.07) is 7.88. The Morgan fingerprint density at radius 2 is 1.72 bits per heavy atom. The second kappa shape index (κ2) is 10.9. The number of likely N-dealkylation sites (N-methyl/N-ethyl adjacent to an activating group) is 1. The molecule has 1 unspecified atom stereocenters. The molecule has 1 amide bonds. The maximum atomic E-state index is 12.2. The number of carbonyl (C=O) groups is 1. The van der Waals surface area contributed by atoms with Gasteiger partial charge in [-0.25, -0.2) is 0 Å². The summed E-state index contributed by atoms with van der Waals surface area (Å²) in [5.41, 5.74) is 1.17. The van der Waals surface area contributed by atoms with E-state index < -0.39 is 0 Å². The number of nitrogens with zero attached hydrogens (tertiary/aromatic N) is 3. The third-order valence-electron chi connectivity index (χ3n) is 4.59. The zero-order chi connectivity index (χ0) is 16.2. The summed E-state index contributed by atoms with van der Waals surface area (Å²) in [6.45, 7) is 6.48. The van der Waals surface area contributed by atoms with Gasteiger partial charge in [-0.15, -0.1) is 36.6 Å². The van der Waals surface area contributed by atoms with Crippen LogP contribution in [0.3, 0.4) is 0 Å². The van der Waals surface area contributed by atoms with Crippen molar-refractivity contribution in [3.05, 3.63) is 34.9 Å². The van der Waals surface area contributed by atoms with Gasteiger partial charge in [-0.05, 0) is 37.7 Å². The Labute approximate surface area is 172 Å². The van der Waals surface area contributed by atoms with E-state index >= 15 is 0 Å². The van der Waals surface area contributed by atoms with Crippen LogP contribution in [0.25, 0.3) is 0 Å². The lowest BCUT2D eigenvalue weighted by molar-refractivity contribution is -0.128. The zero-order valence-corrected chi connectivity index (χ0v) is 17.6. The van der Waals surface area contributed by atoms with Gasteiger partial charge in [-0.3, -0.25) is 4.79 Å². The van der Waals surface area contributed by atoms with E-state index in [0.29, 0.717) is 5.75 Å². The van der Waals surface area contributed by atoms with Crippen LogP contribution in [-0.2, 0) is 4.79 Å². The van der Waals surface area contributed by atoms with Crippen LogP contribution in [0.15, 0.2) is 24.3 Å². The van der Waals surface area contributed by atoms with Crippen molar-refractivity contribution in [2.75, 3.05) is 52.1 Å². The molecule has 0 aliphatic carbocycles. The number of halogens is 3. The predicted octanol–water partition coefficient (Wildman–Crippen LogP) is 3.40. The van der Waals surface area contributed by atoms with Gasteiger partial charge in [0.15, 0.2) is 0 Å². The van der Waals surface area contributed by atoms with Gasteiger partial charge in [0.05, 0.1) is 5.75 Å². The SMILES string of the molecule is CN1CCN(CCCN2C(=O)CSC2c2ccc(Cl)cc2)CC1.Cl.Cl. The van der Waals surface area contributed by atoms with Crippen LogP contribution in [0.4, 0.5) is 0 Å². The van der Waals surface area contributed by atoms with E-state index in [1.165, 1.54) is 5.56 Å². The molecule has 8 heteroatoms. The van der Waals surface area contributed by atoms with Crippen molar-refractivity contribution in [2.45, 2.75) is 11.8 Å². The fourth-order valence-electron chi connectivity index (χ4n) is 3.14. The van der Waals surface area contributed by atoms with Gasteiger partial charge in [0.2, 0.25) is 5.91 Å². The lowest BCUT2D eigenvalue weighted by Gasteiger charge is -2.33. The smallest absolute Gasteiger partial charge is 0.233 e. The number of amides is 1. The van der Waals surface area contributed by atoms with Crippen molar-refractivity contribution in [1.82, 2.24) is 14.7 Å². The van der Waals surface area contributed by atoms with Gasteiger partial charge in [0, 0.05) is 37.7 Å². The highest BCUT2D eigenvalue weighted by molar-refractivity contribution is 8.00. The van der Waals surface area contributed by atoms with Crippen LogP contribution < -0.4 is 0 Å². The number of carbonyl (C=O) groups excluding carboxylic acids is 1. The Hall–Kier alpha value is -0.170. The zero-order valence-electron chi connectivity index (χ0n) is 14.4. The summed E-state index contributed by atoms with van der Waals surface area (Å²) in [4.78, 5) is 19.1. The number of thioether (sulfide) groups is 1. The van der Waals surface area contributed by atoms with E-state index in [1.54, 1.807) is 11.8 Å². The molecule has 0 aromatic heterocycles. The van der Waals surface area contributed by atoms with Crippen molar-refractivity contribution in [1.29, 1.82) is 0 Å². The molecule has 1 aromatic carbocycles. The molecule has 1 aromatic rings. The Kier molecular flexibility index (Phi) is 9.93. The second-order valence-corrected chi connectivity index (χ2v) is 7.81. The molecule has 25 heavy (non-hydrogen) atoms. The predicted molar refractivity (Wildman–Crippen MR) is 111 cm³/mol. The maximum Gasteiger partial charge on any atom is 0.233 e. The summed E-state index contributed by atoms with van der Waals surface area (Å²) in [5, 5.41) is 0.886. The van der Waals surface area contributed by atoms with Gasteiger partial charge in [0.25, 0.3) is 0 Å². The van der Waals surface area contributed by atoms with Gasteiger partial charge >= 0.3 is 0 Å². The van der Waals surface area contributed by atoms with Crippen molar-refractivity contribution in [3.8, 4) is 0 Å². The minimum Gasteiger partial charge on any atom is -0.326 e. The molecule has 2 saturated heterocycles. The fraction of sp³-hybridized carbons (Fsp3) is 0.588. The molecule has 2 fully saturated rings. The molecule has 4 nitrogen and oxygen atoms in total. The average Bonchev–Trinajstić information content (AvgIpc) is 2.91. The molecule has 2 aliphatic rings. The minimum atomic E-state index is 0. The Balaban J connectivity index is 0.00000156. The molecule has 0 saturated carbocycles. The van der Waals surface area contributed by atoms with Crippen LogP contribution in [0, 0.1) is 0 Å². The summed E-state index contributed by atoms with van der Waals surface area (Å²) in [7, 11) is 2.17. The highest BCUT2D eigenvalue weighted by Gasteiger charge is 2.32. The Morgan fingerprint density at radius 1 is 1.08 bits per heavy atom. The normalized spacial score (nSPS) is 21.8. The number of hydrogen-bond acceptors (Lipinski definition) is 4. The number of hydrogen-bond donors (Lipinski definition) is 0. The standard InChI is InChI=1S/C17H24ClN3OS.2ClH/c1-19-9-11-20(12-10-19)7-2-8-21-16(22)13-23-17(21)14-3-5-15(18)6-4-14;;/h3-6,17H,2,7-13H2,1H3;2*1H. The Bertz CT molecular complexity index is 538. The lowest BCUT2D eigenvalue weighted by Crippen LogP contribution is -2.45. The first-order chi connectivity index (χ1) is 11.1. The largest absolute Gasteiger partial charge is 0.326 e. The van der Waals surface area contributed by atoms with Crippen LogP contribution in [-0.4, -0.2) is 72.7 Å². The minimum absolute atomic E-state index is 0. The van der Waals surface area contributed by atoms with E-state index in [9.17, 15) is 4.79 Å². The average molecular weight is 427 g/mol. The molecular weight excluding hydrogens is 401 g/mol. The first-order valence-corrected chi connectivity index (χ1v) is 9.63. The van der Waals surface area contributed by atoms with E-state index in [1.807, 2.05) is 29.2 Å². The monoisotopic (exact) mass is 425 g/mol. The molecule has 2 heterocycles. The highest BCUT2D eigenvalue weighted by Crippen LogP contribution is 2.38. The van der Waals surface area contributed by atoms with Crippen molar-refractivity contribution in [2.24, 2.45) is 0 Å². The van der Waals surface area contributed by atoms with Crippen molar-refractivity contribution >= 4 is 54.1 Å². The molecule has 1 atom stereocenters.